The van der Waals surface area contributed by atoms with Crippen LogP contribution in [-0.4, -0.2) is 36.2 Å². The smallest absolute Gasteiger partial charge is 0.165 e. The number of halogens is 1. The second-order valence-corrected chi connectivity index (χ2v) is 6.81. The van der Waals surface area contributed by atoms with Crippen molar-refractivity contribution >= 4 is 0 Å². The summed E-state index contributed by atoms with van der Waals surface area (Å²) in [6.07, 6.45) is 6.18. The Balaban J connectivity index is 1.96. The lowest BCUT2D eigenvalue weighted by atomic mass is 9.79. The maximum absolute atomic E-state index is 14.1. The van der Waals surface area contributed by atoms with Gasteiger partial charge in [-0.25, -0.2) is 4.39 Å². The molecule has 1 heterocycles. The summed E-state index contributed by atoms with van der Waals surface area (Å²) in [6.45, 7) is 5.78. The Morgan fingerprint density at radius 1 is 1.18 bits per heavy atom. The third kappa shape index (κ3) is 3.28. The normalized spacial score (nSPS) is 22.6. The zero-order valence-electron chi connectivity index (χ0n) is 13.4. The fourth-order valence-electron chi connectivity index (χ4n) is 4.15. The number of aryl methyl sites for hydroxylation is 1. The van der Waals surface area contributed by atoms with Crippen LogP contribution in [0.4, 0.5) is 4.39 Å². The van der Waals surface area contributed by atoms with Crippen molar-refractivity contribution in [3.63, 3.8) is 0 Å². The summed E-state index contributed by atoms with van der Waals surface area (Å²) in [5.41, 5.74) is 1.69. The van der Waals surface area contributed by atoms with Gasteiger partial charge >= 0.3 is 0 Å². The average molecular weight is 306 g/mol. The molecule has 0 aromatic heterocycles. The van der Waals surface area contributed by atoms with E-state index in [1.54, 1.807) is 0 Å². The lowest BCUT2D eigenvalue weighted by Gasteiger charge is -2.41. The molecule has 1 atom stereocenters. The highest BCUT2D eigenvalue weighted by molar-refractivity contribution is 5.40. The molecule has 4 heteroatoms. The Morgan fingerprint density at radius 2 is 1.86 bits per heavy atom. The van der Waals surface area contributed by atoms with Crippen LogP contribution in [0.15, 0.2) is 12.1 Å². The number of piperazine rings is 1. The van der Waals surface area contributed by atoms with Crippen LogP contribution >= 0.6 is 0 Å². The van der Waals surface area contributed by atoms with Gasteiger partial charge in [-0.15, -0.1) is 0 Å². The van der Waals surface area contributed by atoms with Crippen molar-refractivity contribution in [2.24, 2.45) is 5.92 Å². The molecule has 1 aliphatic carbocycles. The van der Waals surface area contributed by atoms with Gasteiger partial charge in [0.2, 0.25) is 0 Å². The molecular formula is C18H27FN2O. The van der Waals surface area contributed by atoms with Gasteiger partial charge in [0.05, 0.1) is 0 Å². The molecule has 2 aliphatic rings. The number of phenols is 1. The number of nitrogens with zero attached hydrogens (tertiary/aromatic N) is 1. The van der Waals surface area contributed by atoms with Gasteiger partial charge in [-0.2, -0.15) is 0 Å². The first kappa shape index (κ1) is 15.8. The average Bonchev–Trinajstić information content (AvgIpc) is 2.54. The van der Waals surface area contributed by atoms with Gasteiger partial charge in [0.25, 0.3) is 0 Å². The lowest BCUT2D eigenvalue weighted by molar-refractivity contribution is 0.101. The molecule has 3 rings (SSSR count). The molecule has 2 fully saturated rings. The largest absolute Gasteiger partial charge is 0.505 e. The van der Waals surface area contributed by atoms with E-state index in [0.717, 1.165) is 37.3 Å². The van der Waals surface area contributed by atoms with Crippen molar-refractivity contribution < 1.29 is 9.50 Å². The molecule has 0 unspecified atom stereocenters. The van der Waals surface area contributed by atoms with Crippen molar-refractivity contribution in [1.29, 1.82) is 0 Å². The van der Waals surface area contributed by atoms with E-state index in [0.29, 0.717) is 5.92 Å². The van der Waals surface area contributed by atoms with E-state index in [1.165, 1.54) is 38.2 Å². The third-order valence-corrected chi connectivity index (χ3v) is 5.20. The molecule has 22 heavy (non-hydrogen) atoms. The first-order chi connectivity index (χ1) is 10.7. The van der Waals surface area contributed by atoms with Crippen LogP contribution in [0.25, 0.3) is 0 Å². The fraction of sp³-hybridized carbons (Fsp3) is 0.667. The highest BCUT2D eigenvalue weighted by Gasteiger charge is 2.33. The van der Waals surface area contributed by atoms with Crippen molar-refractivity contribution in [3.05, 3.63) is 29.1 Å². The van der Waals surface area contributed by atoms with Gasteiger partial charge < -0.3 is 10.4 Å². The Morgan fingerprint density at radius 3 is 2.55 bits per heavy atom. The predicted molar refractivity (Wildman–Crippen MR) is 86.6 cm³/mol. The molecule has 1 aromatic carbocycles. The fourth-order valence-corrected chi connectivity index (χ4v) is 4.15. The monoisotopic (exact) mass is 306 g/mol. The van der Waals surface area contributed by atoms with Crippen molar-refractivity contribution in [1.82, 2.24) is 10.2 Å². The van der Waals surface area contributed by atoms with E-state index < -0.39 is 5.82 Å². The zero-order valence-corrected chi connectivity index (χ0v) is 13.4. The maximum Gasteiger partial charge on any atom is 0.165 e. The summed E-state index contributed by atoms with van der Waals surface area (Å²) in [5, 5.41) is 13.7. The second kappa shape index (κ2) is 6.97. The molecular weight excluding hydrogens is 279 g/mol. The van der Waals surface area contributed by atoms with Gasteiger partial charge in [-0.3, -0.25) is 4.90 Å². The van der Waals surface area contributed by atoms with Crippen molar-refractivity contribution in [2.45, 2.75) is 45.1 Å². The Labute approximate surface area is 132 Å². The van der Waals surface area contributed by atoms with E-state index in [-0.39, 0.29) is 11.8 Å². The number of rotatable bonds is 3. The summed E-state index contributed by atoms with van der Waals surface area (Å²) < 4.78 is 14.1. The van der Waals surface area contributed by atoms with Crippen LogP contribution in [0.2, 0.25) is 0 Å². The maximum atomic E-state index is 14.1. The van der Waals surface area contributed by atoms with Gasteiger partial charge in [0.1, 0.15) is 0 Å². The molecule has 3 nitrogen and oxygen atoms in total. The van der Waals surface area contributed by atoms with Crippen molar-refractivity contribution in [2.75, 3.05) is 26.2 Å². The van der Waals surface area contributed by atoms with Gasteiger partial charge in [0, 0.05) is 37.8 Å². The highest BCUT2D eigenvalue weighted by atomic mass is 19.1. The lowest BCUT2D eigenvalue weighted by Crippen LogP contribution is -2.47. The zero-order chi connectivity index (χ0) is 15.5. The van der Waals surface area contributed by atoms with Crippen LogP contribution in [0, 0.1) is 18.7 Å². The topological polar surface area (TPSA) is 35.5 Å². The number of nitrogens with one attached hydrogen (secondary N) is 1. The first-order valence-electron chi connectivity index (χ1n) is 8.60. The Bertz CT molecular complexity index is 490. The van der Waals surface area contributed by atoms with E-state index >= 15 is 0 Å². The standard InChI is InChI=1S/C18H27FN2O/c1-13-11-15(18(22)16(19)12-13)17(14-5-3-2-4-6-14)21-9-7-20-8-10-21/h11-12,14,17,20,22H,2-10H2,1H3/t17-/m0/s1. The van der Waals surface area contributed by atoms with E-state index in [4.69, 9.17) is 0 Å². The number of hydrogen-bond donors (Lipinski definition) is 2. The number of benzene rings is 1. The predicted octanol–water partition coefficient (Wildman–Crippen LogP) is 3.37. The van der Waals surface area contributed by atoms with Crippen LogP contribution in [0.3, 0.4) is 0 Å². The molecule has 0 bridgehead atoms. The van der Waals surface area contributed by atoms with Gasteiger partial charge in [0.15, 0.2) is 11.6 Å². The van der Waals surface area contributed by atoms with E-state index in [1.807, 2.05) is 13.0 Å². The van der Waals surface area contributed by atoms with E-state index in [2.05, 4.69) is 10.2 Å². The van der Waals surface area contributed by atoms with Gasteiger partial charge in [-0.05, 0) is 37.3 Å². The summed E-state index contributed by atoms with van der Waals surface area (Å²) in [4.78, 5) is 2.44. The third-order valence-electron chi connectivity index (χ3n) is 5.20. The van der Waals surface area contributed by atoms with Crippen LogP contribution in [-0.2, 0) is 0 Å². The summed E-state index contributed by atoms with van der Waals surface area (Å²) in [7, 11) is 0. The van der Waals surface area contributed by atoms with Crippen molar-refractivity contribution in [3.8, 4) is 5.75 Å². The first-order valence-corrected chi connectivity index (χ1v) is 8.60. The quantitative estimate of drug-likeness (QED) is 0.899. The molecule has 0 amide bonds. The summed E-state index contributed by atoms with van der Waals surface area (Å²) in [5.74, 6) is -0.0930. The van der Waals surface area contributed by atoms with Crippen LogP contribution < -0.4 is 5.32 Å². The molecule has 2 N–H and O–H groups in total. The molecule has 0 spiro atoms. The Kier molecular flexibility index (Phi) is 4.99. The van der Waals surface area contributed by atoms with E-state index in [9.17, 15) is 9.50 Å². The minimum absolute atomic E-state index is 0.139. The number of hydrogen-bond acceptors (Lipinski definition) is 3. The molecule has 122 valence electrons. The molecule has 1 aliphatic heterocycles. The molecule has 1 saturated carbocycles. The number of phenolic OH excluding ortho intramolecular Hbond substituents is 1. The summed E-state index contributed by atoms with van der Waals surface area (Å²) in [6, 6.07) is 3.56. The molecule has 1 saturated heterocycles. The highest BCUT2D eigenvalue weighted by Crippen LogP contribution is 2.42. The SMILES string of the molecule is Cc1cc(F)c(O)c([C@H](C2CCCCC2)N2CCNCC2)c1. The van der Waals surface area contributed by atoms with Gasteiger partial charge in [-0.1, -0.05) is 25.3 Å². The minimum Gasteiger partial charge on any atom is -0.505 e. The van der Waals surface area contributed by atoms with Crippen LogP contribution in [0.1, 0.15) is 49.3 Å². The van der Waals surface area contributed by atoms with Crippen LogP contribution in [0.5, 0.6) is 5.75 Å². The molecule has 1 aromatic rings. The minimum atomic E-state index is -0.481. The molecule has 0 radical (unpaired) electrons. The number of aromatic hydroxyl groups is 1. The second-order valence-electron chi connectivity index (χ2n) is 6.81. The summed E-state index contributed by atoms with van der Waals surface area (Å²) >= 11 is 0. The Hall–Kier alpha value is -1.13.